The maximum Gasteiger partial charge on any atom is 0.407 e. The van der Waals surface area contributed by atoms with E-state index in [-0.39, 0.29) is 6.09 Å². The number of fused-ring (bicyclic) bond motifs is 1. The molecule has 4 heteroatoms. The highest BCUT2D eigenvalue weighted by Crippen LogP contribution is 2.34. The van der Waals surface area contributed by atoms with Crippen molar-refractivity contribution in [1.29, 1.82) is 0 Å². The number of hydrogen-bond donors (Lipinski definition) is 1. The lowest BCUT2D eigenvalue weighted by Crippen LogP contribution is -2.23. The maximum atomic E-state index is 11.4. The molecule has 0 unspecified atom stereocenters. The number of nitrogens with one attached hydrogen (secondary N) is 1. The zero-order chi connectivity index (χ0) is 15.4. The van der Waals surface area contributed by atoms with Gasteiger partial charge in [0.1, 0.15) is 0 Å². The molecule has 1 N–H and O–H groups in total. The van der Waals surface area contributed by atoms with Crippen molar-refractivity contribution in [1.82, 2.24) is 5.32 Å². The standard InChI is InChI=1S/C18H20N2O2/c1-2-22-18(21)19-13-14-6-5-8-16(12-14)20-11-10-15-7-3-4-9-17(15)20/h3-9,12H,2,10-11,13H2,1H3,(H,19,21). The largest absolute Gasteiger partial charge is 0.450 e. The Morgan fingerprint density at radius 3 is 2.95 bits per heavy atom. The Morgan fingerprint density at radius 2 is 2.09 bits per heavy atom. The molecule has 3 rings (SSSR count). The van der Waals surface area contributed by atoms with Gasteiger partial charge in [-0.3, -0.25) is 0 Å². The second kappa shape index (κ2) is 6.52. The maximum absolute atomic E-state index is 11.4. The Morgan fingerprint density at radius 1 is 1.23 bits per heavy atom. The lowest BCUT2D eigenvalue weighted by molar-refractivity contribution is 0.151. The van der Waals surface area contributed by atoms with Crippen LogP contribution in [0.5, 0.6) is 0 Å². The summed E-state index contributed by atoms with van der Waals surface area (Å²) in [6.07, 6.45) is 0.695. The second-order valence-corrected chi connectivity index (χ2v) is 5.27. The van der Waals surface area contributed by atoms with Gasteiger partial charge in [-0.05, 0) is 42.7 Å². The van der Waals surface area contributed by atoms with Crippen LogP contribution in [-0.4, -0.2) is 19.2 Å². The molecule has 0 atom stereocenters. The fraction of sp³-hybridized carbons (Fsp3) is 0.278. The Balaban J connectivity index is 1.74. The molecule has 0 bridgehead atoms. The molecule has 0 fully saturated rings. The van der Waals surface area contributed by atoms with Gasteiger partial charge >= 0.3 is 6.09 Å². The minimum Gasteiger partial charge on any atom is -0.450 e. The third kappa shape index (κ3) is 3.06. The van der Waals surface area contributed by atoms with Crippen LogP contribution in [0.3, 0.4) is 0 Å². The number of ether oxygens (including phenoxy) is 1. The predicted molar refractivity (Wildman–Crippen MR) is 87.5 cm³/mol. The summed E-state index contributed by atoms with van der Waals surface area (Å²) in [6.45, 7) is 3.65. The van der Waals surface area contributed by atoms with Crippen LogP contribution in [0.2, 0.25) is 0 Å². The van der Waals surface area contributed by atoms with E-state index in [0.29, 0.717) is 13.2 Å². The molecule has 1 heterocycles. The monoisotopic (exact) mass is 296 g/mol. The first-order valence-electron chi connectivity index (χ1n) is 7.63. The second-order valence-electron chi connectivity index (χ2n) is 5.27. The molecular weight excluding hydrogens is 276 g/mol. The molecule has 1 amide bonds. The molecule has 2 aromatic carbocycles. The molecular formula is C18H20N2O2. The summed E-state index contributed by atoms with van der Waals surface area (Å²) >= 11 is 0. The number of benzene rings is 2. The van der Waals surface area contributed by atoms with Crippen molar-refractivity contribution in [2.24, 2.45) is 0 Å². The van der Waals surface area contributed by atoms with Crippen LogP contribution >= 0.6 is 0 Å². The highest BCUT2D eigenvalue weighted by molar-refractivity contribution is 5.70. The fourth-order valence-corrected chi connectivity index (χ4v) is 2.80. The van der Waals surface area contributed by atoms with E-state index in [9.17, 15) is 4.79 Å². The molecule has 114 valence electrons. The number of nitrogens with zero attached hydrogens (tertiary/aromatic N) is 1. The minimum absolute atomic E-state index is 0.376. The zero-order valence-electron chi connectivity index (χ0n) is 12.7. The van der Waals surface area contributed by atoms with Gasteiger partial charge in [-0.2, -0.15) is 0 Å². The Hall–Kier alpha value is -2.49. The lowest BCUT2D eigenvalue weighted by Gasteiger charge is -2.20. The number of para-hydroxylation sites is 1. The van der Waals surface area contributed by atoms with E-state index in [1.54, 1.807) is 6.92 Å². The molecule has 0 aromatic heterocycles. The average Bonchev–Trinajstić information content (AvgIpc) is 2.98. The number of carbonyl (C=O) groups excluding carboxylic acids is 1. The van der Waals surface area contributed by atoms with Crippen molar-refractivity contribution in [3.63, 3.8) is 0 Å². The molecule has 0 saturated heterocycles. The summed E-state index contributed by atoms with van der Waals surface area (Å²) in [4.78, 5) is 13.7. The summed E-state index contributed by atoms with van der Waals surface area (Å²) in [5.74, 6) is 0. The van der Waals surface area contributed by atoms with Crippen LogP contribution in [0.15, 0.2) is 48.5 Å². The molecule has 0 aliphatic carbocycles. The Bertz CT molecular complexity index is 670. The van der Waals surface area contributed by atoms with Gasteiger partial charge in [0.15, 0.2) is 0 Å². The first-order valence-corrected chi connectivity index (χ1v) is 7.63. The van der Waals surface area contributed by atoms with Gasteiger partial charge in [-0.15, -0.1) is 0 Å². The van der Waals surface area contributed by atoms with Gasteiger partial charge in [-0.25, -0.2) is 4.79 Å². The van der Waals surface area contributed by atoms with Crippen molar-refractivity contribution in [3.05, 3.63) is 59.7 Å². The fourth-order valence-electron chi connectivity index (χ4n) is 2.80. The van der Waals surface area contributed by atoms with E-state index in [1.807, 2.05) is 12.1 Å². The Kier molecular flexibility index (Phi) is 4.28. The van der Waals surface area contributed by atoms with Gasteiger partial charge in [0.2, 0.25) is 0 Å². The van der Waals surface area contributed by atoms with Crippen LogP contribution in [-0.2, 0) is 17.7 Å². The predicted octanol–water partition coefficient (Wildman–Crippen LogP) is 3.63. The third-order valence-corrected chi connectivity index (χ3v) is 3.82. The van der Waals surface area contributed by atoms with Crippen LogP contribution < -0.4 is 10.2 Å². The molecule has 1 aliphatic rings. The number of anilines is 2. The molecule has 2 aromatic rings. The summed E-state index contributed by atoms with van der Waals surface area (Å²) < 4.78 is 4.88. The highest BCUT2D eigenvalue weighted by Gasteiger charge is 2.19. The summed E-state index contributed by atoms with van der Waals surface area (Å²) in [5, 5.41) is 2.76. The van der Waals surface area contributed by atoms with E-state index >= 15 is 0 Å². The van der Waals surface area contributed by atoms with Crippen molar-refractivity contribution in [3.8, 4) is 0 Å². The average molecular weight is 296 g/mol. The van der Waals surface area contributed by atoms with E-state index in [4.69, 9.17) is 4.74 Å². The van der Waals surface area contributed by atoms with E-state index in [0.717, 1.165) is 24.2 Å². The van der Waals surface area contributed by atoms with Crippen LogP contribution in [0.4, 0.5) is 16.2 Å². The van der Waals surface area contributed by atoms with Gasteiger partial charge in [0.05, 0.1) is 6.61 Å². The highest BCUT2D eigenvalue weighted by atomic mass is 16.5. The van der Waals surface area contributed by atoms with E-state index < -0.39 is 0 Å². The molecule has 0 saturated carbocycles. The molecule has 22 heavy (non-hydrogen) atoms. The first-order chi connectivity index (χ1) is 10.8. The smallest absolute Gasteiger partial charge is 0.407 e. The van der Waals surface area contributed by atoms with Crippen molar-refractivity contribution in [2.75, 3.05) is 18.1 Å². The van der Waals surface area contributed by atoms with Crippen LogP contribution in [0, 0.1) is 0 Å². The SMILES string of the molecule is CCOC(=O)NCc1cccc(N2CCc3ccccc32)c1. The van der Waals surface area contributed by atoms with Crippen molar-refractivity contribution in [2.45, 2.75) is 19.9 Å². The molecule has 0 radical (unpaired) electrons. The molecule has 1 aliphatic heterocycles. The number of alkyl carbamates (subject to hydrolysis) is 1. The normalized spacial score (nSPS) is 12.9. The number of amides is 1. The first kappa shape index (κ1) is 14.4. The third-order valence-electron chi connectivity index (χ3n) is 3.82. The summed E-state index contributed by atoms with van der Waals surface area (Å²) in [7, 11) is 0. The van der Waals surface area contributed by atoms with Gasteiger partial charge < -0.3 is 15.0 Å². The quantitative estimate of drug-likeness (QED) is 0.936. The van der Waals surface area contributed by atoms with Gasteiger partial charge in [0, 0.05) is 24.5 Å². The number of carbonyl (C=O) groups is 1. The van der Waals surface area contributed by atoms with Crippen LogP contribution in [0.25, 0.3) is 0 Å². The van der Waals surface area contributed by atoms with E-state index in [2.05, 4.69) is 46.6 Å². The van der Waals surface area contributed by atoms with Crippen LogP contribution in [0.1, 0.15) is 18.1 Å². The Labute approximate surface area is 130 Å². The lowest BCUT2D eigenvalue weighted by atomic mass is 10.1. The number of hydrogen-bond acceptors (Lipinski definition) is 3. The minimum atomic E-state index is -0.376. The van der Waals surface area contributed by atoms with Crippen molar-refractivity contribution >= 4 is 17.5 Å². The van der Waals surface area contributed by atoms with Gasteiger partial charge in [0.25, 0.3) is 0 Å². The topological polar surface area (TPSA) is 41.6 Å². The summed E-state index contributed by atoms with van der Waals surface area (Å²) in [5.41, 5.74) is 4.89. The van der Waals surface area contributed by atoms with Gasteiger partial charge in [-0.1, -0.05) is 30.3 Å². The molecule has 0 spiro atoms. The van der Waals surface area contributed by atoms with Crippen molar-refractivity contribution < 1.29 is 9.53 Å². The zero-order valence-corrected chi connectivity index (χ0v) is 12.7. The van der Waals surface area contributed by atoms with E-state index in [1.165, 1.54) is 11.3 Å². The number of rotatable bonds is 4. The molecule has 4 nitrogen and oxygen atoms in total. The summed E-state index contributed by atoms with van der Waals surface area (Å²) in [6, 6.07) is 16.8.